The minimum atomic E-state index is -0.408. The monoisotopic (exact) mass is 335 g/mol. The zero-order valence-corrected chi connectivity index (χ0v) is 13.5. The Morgan fingerprint density at radius 2 is 1.84 bits per heavy atom. The number of oxazole rings is 1. The van der Waals surface area contributed by atoms with Gasteiger partial charge in [-0.3, -0.25) is 19.3 Å². The van der Waals surface area contributed by atoms with E-state index in [1.54, 1.807) is 25.1 Å². The zero-order chi connectivity index (χ0) is 17.7. The number of carbonyl (C=O) groups is 3. The molecule has 1 aromatic heterocycles. The Morgan fingerprint density at radius 3 is 2.64 bits per heavy atom. The maximum absolute atomic E-state index is 12.5. The molecule has 1 aliphatic heterocycles. The van der Waals surface area contributed by atoms with E-state index in [0.717, 1.165) is 4.90 Å². The Bertz CT molecular complexity index is 1070. The first-order valence-electron chi connectivity index (χ1n) is 7.59. The van der Waals surface area contributed by atoms with Crippen molar-refractivity contribution in [2.45, 2.75) is 6.92 Å². The van der Waals surface area contributed by atoms with Gasteiger partial charge < -0.3 is 9.73 Å². The van der Waals surface area contributed by atoms with Gasteiger partial charge in [0.05, 0.1) is 11.1 Å². The summed E-state index contributed by atoms with van der Waals surface area (Å²) >= 11 is 0. The van der Waals surface area contributed by atoms with Gasteiger partial charge in [0, 0.05) is 25.2 Å². The van der Waals surface area contributed by atoms with E-state index in [0.29, 0.717) is 33.8 Å². The van der Waals surface area contributed by atoms with E-state index in [-0.39, 0.29) is 17.4 Å². The van der Waals surface area contributed by atoms with Gasteiger partial charge in [-0.1, -0.05) is 0 Å². The van der Waals surface area contributed by atoms with Gasteiger partial charge in [-0.05, 0) is 36.4 Å². The highest BCUT2D eigenvalue weighted by Crippen LogP contribution is 2.24. The molecule has 7 nitrogen and oxygen atoms in total. The van der Waals surface area contributed by atoms with Crippen molar-refractivity contribution in [3.8, 4) is 0 Å². The first kappa shape index (κ1) is 15.1. The lowest BCUT2D eigenvalue weighted by molar-refractivity contribution is 0.0693. The third-order valence-corrected chi connectivity index (χ3v) is 4.10. The molecule has 0 bridgehead atoms. The van der Waals surface area contributed by atoms with Crippen molar-refractivity contribution in [2.75, 3.05) is 12.4 Å². The fourth-order valence-corrected chi connectivity index (χ4v) is 2.83. The lowest BCUT2D eigenvalue weighted by atomic mass is 10.1. The van der Waals surface area contributed by atoms with Crippen LogP contribution in [0.1, 0.15) is 37.0 Å². The molecule has 4 rings (SSSR count). The fourth-order valence-electron chi connectivity index (χ4n) is 2.83. The number of benzene rings is 2. The first-order chi connectivity index (χ1) is 11.9. The number of hydrogen-bond acceptors (Lipinski definition) is 5. The van der Waals surface area contributed by atoms with E-state index in [9.17, 15) is 14.4 Å². The molecule has 0 spiro atoms. The van der Waals surface area contributed by atoms with Gasteiger partial charge in [-0.25, -0.2) is 4.98 Å². The van der Waals surface area contributed by atoms with Crippen LogP contribution in [0, 0.1) is 6.92 Å². The second kappa shape index (κ2) is 5.27. The number of fused-ring (bicyclic) bond motifs is 2. The Balaban J connectivity index is 1.63. The molecule has 0 unspecified atom stereocenters. The van der Waals surface area contributed by atoms with Gasteiger partial charge in [0.25, 0.3) is 17.7 Å². The predicted octanol–water partition coefficient (Wildman–Crippen LogP) is 2.61. The smallest absolute Gasteiger partial charge is 0.261 e. The number of amides is 3. The number of hydrogen-bond donors (Lipinski definition) is 1. The van der Waals surface area contributed by atoms with Crippen LogP contribution in [-0.4, -0.2) is 34.7 Å². The topological polar surface area (TPSA) is 92.5 Å². The van der Waals surface area contributed by atoms with E-state index < -0.39 is 5.91 Å². The molecule has 1 N–H and O–H groups in total. The van der Waals surface area contributed by atoms with Gasteiger partial charge in [0.15, 0.2) is 11.5 Å². The Kier molecular flexibility index (Phi) is 3.18. The van der Waals surface area contributed by atoms with Crippen LogP contribution in [0.4, 0.5) is 5.69 Å². The summed E-state index contributed by atoms with van der Waals surface area (Å²) in [4.78, 5) is 41.7. The molecule has 2 heterocycles. The quantitative estimate of drug-likeness (QED) is 0.727. The standard InChI is InChI=1S/C18H13N3O4/c1-9-19-14-8-11(4-6-15(14)25-9)20-16(22)10-3-5-12-13(7-10)18(24)21(2)17(12)23/h3-8H,1-2H3,(H,20,22). The summed E-state index contributed by atoms with van der Waals surface area (Å²) in [7, 11) is 1.42. The van der Waals surface area contributed by atoms with Gasteiger partial charge in [0.2, 0.25) is 0 Å². The predicted molar refractivity (Wildman–Crippen MR) is 89.6 cm³/mol. The summed E-state index contributed by atoms with van der Waals surface area (Å²) in [6.07, 6.45) is 0. The van der Waals surface area contributed by atoms with Crippen LogP contribution < -0.4 is 5.32 Å². The van der Waals surface area contributed by atoms with Crippen LogP contribution in [0.25, 0.3) is 11.1 Å². The zero-order valence-electron chi connectivity index (χ0n) is 13.5. The van der Waals surface area contributed by atoms with Crippen molar-refractivity contribution < 1.29 is 18.8 Å². The molecule has 3 amide bonds. The molecular weight excluding hydrogens is 322 g/mol. The van der Waals surface area contributed by atoms with Crippen molar-refractivity contribution in [2.24, 2.45) is 0 Å². The van der Waals surface area contributed by atoms with Crippen molar-refractivity contribution in [3.63, 3.8) is 0 Å². The number of carbonyl (C=O) groups excluding carboxylic acids is 3. The molecule has 1 aliphatic rings. The largest absolute Gasteiger partial charge is 0.441 e. The second-order valence-electron chi connectivity index (χ2n) is 5.80. The van der Waals surface area contributed by atoms with Gasteiger partial charge in [-0.2, -0.15) is 0 Å². The Labute approximate surface area is 142 Å². The second-order valence-corrected chi connectivity index (χ2v) is 5.80. The number of anilines is 1. The summed E-state index contributed by atoms with van der Waals surface area (Å²) in [5.41, 5.74) is 2.69. The molecule has 25 heavy (non-hydrogen) atoms. The van der Waals surface area contributed by atoms with Crippen LogP contribution in [0.5, 0.6) is 0 Å². The van der Waals surface area contributed by atoms with Crippen molar-refractivity contribution >= 4 is 34.5 Å². The third-order valence-electron chi connectivity index (χ3n) is 4.10. The van der Waals surface area contributed by atoms with Crippen LogP contribution >= 0.6 is 0 Å². The van der Waals surface area contributed by atoms with Crippen molar-refractivity contribution in [1.29, 1.82) is 0 Å². The normalized spacial score (nSPS) is 13.4. The first-order valence-corrected chi connectivity index (χ1v) is 7.59. The summed E-state index contributed by atoms with van der Waals surface area (Å²) in [5.74, 6) is -0.602. The summed E-state index contributed by atoms with van der Waals surface area (Å²) < 4.78 is 5.40. The number of imide groups is 1. The van der Waals surface area contributed by atoms with E-state index in [2.05, 4.69) is 10.3 Å². The summed E-state index contributed by atoms with van der Waals surface area (Å²) in [6, 6.07) is 9.60. The average molecular weight is 335 g/mol. The summed E-state index contributed by atoms with van der Waals surface area (Å²) in [5, 5.41) is 2.76. The highest BCUT2D eigenvalue weighted by Gasteiger charge is 2.33. The molecule has 0 radical (unpaired) electrons. The third kappa shape index (κ3) is 2.37. The maximum atomic E-state index is 12.5. The molecule has 0 saturated heterocycles. The van der Waals surface area contributed by atoms with Crippen molar-refractivity contribution in [1.82, 2.24) is 9.88 Å². The van der Waals surface area contributed by atoms with Crippen LogP contribution in [0.15, 0.2) is 40.8 Å². The van der Waals surface area contributed by atoms with Crippen LogP contribution in [-0.2, 0) is 0 Å². The lowest BCUT2D eigenvalue weighted by Gasteiger charge is -2.06. The van der Waals surface area contributed by atoms with Gasteiger partial charge in [-0.15, -0.1) is 0 Å². The fraction of sp³-hybridized carbons (Fsp3) is 0.111. The molecule has 2 aromatic carbocycles. The molecule has 0 saturated carbocycles. The highest BCUT2D eigenvalue weighted by molar-refractivity contribution is 6.22. The van der Waals surface area contributed by atoms with E-state index in [1.807, 2.05) is 0 Å². The highest BCUT2D eigenvalue weighted by atomic mass is 16.3. The van der Waals surface area contributed by atoms with E-state index in [1.165, 1.54) is 25.2 Å². The lowest BCUT2D eigenvalue weighted by Crippen LogP contribution is -2.24. The van der Waals surface area contributed by atoms with Gasteiger partial charge in [0.1, 0.15) is 5.52 Å². The number of aromatic nitrogens is 1. The van der Waals surface area contributed by atoms with Crippen molar-refractivity contribution in [3.05, 3.63) is 59.0 Å². The average Bonchev–Trinajstić information content (AvgIpc) is 3.07. The minimum Gasteiger partial charge on any atom is -0.441 e. The maximum Gasteiger partial charge on any atom is 0.261 e. The number of aryl methyl sites for hydroxylation is 1. The van der Waals surface area contributed by atoms with Gasteiger partial charge >= 0.3 is 0 Å². The van der Waals surface area contributed by atoms with E-state index >= 15 is 0 Å². The molecule has 0 fully saturated rings. The van der Waals surface area contributed by atoms with Crippen LogP contribution in [0.3, 0.4) is 0 Å². The number of nitrogens with one attached hydrogen (secondary N) is 1. The SMILES string of the molecule is Cc1nc2cc(NC(=O)c3ccc4c(c3)C(=O)N(C)C4=O)ccc2o1. The Hall–Kier alpha value is -3.48. The summed E-state index contributed by atoms with van der Waals surface area (Å²) in [6.45, 7) is 1.75. The molecule has 3 aromatic rings. The molecule has 0 atom stereocenters. The Morgan fingerprint density at radius 1 is 1.08 bits per heavy atom. The van der Waals surface area contributed by atoms with E-state index in [4.69, 9.17) is 4.42 Å². The van der Waals surface area contributed by atoms with Crippen LogP contribution in [0.2, 0.25) is 0 Å². The minimum absolute atomic E-state index is 0.239. The molecule has 124 valence electrons. The molecule has 7 heteroatoms. The number of nitrogens with zero attached hydrogens (tertiary/aromatic N) is 2. The molecular formula is C18H13N3O4. The number of rotatable bonds is 2. The molecule has 0 aliphatic carbocycles.